The van der Waals surface area contributed by atoms with Gasteiger partial charge in [-0.15, -0.1) is 11.3 Å². The highest BCUT2D eigenvalue weighted by atomic mass is 32.1. The van der Waals surface area contributed by atoms with Crippen LogP contribution in [0.15, 0.2) is 35.8 Å². The van der Waals surface area contributed by atoms with Crippen molar-refractivity contribution in [1.82, 2.24) is 24.9 Å². The Balaban J connectivity index is 1.50. The van der Waals surface area contributed by atoms with Gasteiger partial charge in [0.15, 0.2) is 4.96 Å². The molecule has 1 aromatic carbocycles. The number of nitrogens with zero attached hydrogens (tertiary/aromatic N) is 3. The van der Waals surface area contributed by atoms with E-state index in [9.17, 15) is 22.8 Å². The van der Waals surface area contributed by atoms with Crippen LogP contribution in [-0.2, 0) is 6.18 Å². The predicted molar refractivity (Wildman–Crippen MR) is 101 cm³/mol. The minimum atomic E-state index is -4.44. The third-order valence-corrected chi connectivity index (χ3v) is 5.38. The lowest BCUT2D eigenvalue weighted by atomic mass is 10.1. The maximum Gasteiger partial charge on any atom is 0.416 e. The summed E-state index contributed by atoms with van der Waals surface area (Å²) in [5.41, 5.74) is 0.254. The van der Waals surface area contributed by atoms with E-state index in [1.165, 1.54) is 17.4 Å². The molecule has 1 fully saturated rings. The zero-order chi connectivity index (χ0) is 20.6. The Kier molecular flexibility index (Phi) is 4.91. The first-order valence-electron chi connectivity index (χ1n) is 8.78. The predicted octanol–water partition coefficient (Wildman–Crippen LogP) is 2.84. The summed E-state index contributed by atoms with van der Waals surface area (Å²) in [6, 6.07) is 4.75. The van der Waals surface area contributed by atoms with Gasteiger partial charge in [0, 0.05) is 43.3 Å². The number of thiazole rings is 1. The number of hydrogen-bond acceptors (Lipinski definition) is 4. The van der Waals surface area contributed by atoms with Crippen molar-refractivity contribution in [3.63, 3.8) is 0 Å². The highest BCUT2D eigenvalue weighted by molar-refractivity contribution is 7.15. The van der Waals surface area contributed by atoms with Crippen molar-refractivity contribution >= 4 is 28.2 Å². The Morgan fingerprint density at radius 1 is 1.34 bits per heavy atom. The number of imidazole rings is 1. The molecule has 0 unspecified atom stereocenters. The van der Waals surface area contributed by atoms with Crippen LogP contribution in [0.1, 0.15) is 16.1 Å². The Morgan fingerprint density at radius 3 is 2.90 bits per heavy atom. The van der Waals surface area contributed by atoms with E-state index in [0.717, 1.165) is 12.1 Å². The lowest BCUT2D eigenvalue weighted by Crippen LogP contribution is -2.37. The van der Waals surface area contributed by atoms with Crippen LogP contribution >= 0.6 is 11.3 Å². The number of carbonyl (C=O) groups excluding carboxylic acids is 2. The highest BCUT2D eigenvalue weighted by Gasteiger charge is 2.30. The molecule has 0 bridgehead atoms. The van der Waals surface area contributed by atoms with E-state index >= 15 is 0 Å². The van der Waals surface area contributed by atoms with Gasteiger partial charge in [-0.25, -0.2) is 9.78 Å². The monoisotopic (exact) mass is 423 g/mol. The SMILES string of the molecule is O=C(NCCN1CCNC1=O)c1csc2nc(-c3cccc(C(F)(F)F)c3)cn12. The van der Waals surface area contributed by atoms with Crippen molar-refractivity contribution in [2.45, 2.75) is 6.18 Å². The van der Waals surface area contributed by atoms with Gasteiger partial charge in [-0.2, -0.15) is 13.2 Å². The van der Waals surface area contributed by atoms with Crippen molar-refractivity contribution in [3.05, 3.63) is 47.1 Å². The number of nitrogens with one attached hydrogen (secondary N) is 2. The third kappa shape index (κ3) is 3.90. The highest BCUT2D eigenvalue weighted by Crippen LogP contribution is 2.32. The van der Waals surface area contributed by atoms with Gasteiger partial charge in [0.1, 0.15) is 5.69 Å². The van der Waals surface area contributed by atoms with E-state index in [4.69, 9.17) is 0 Å². The second-order valence-corrected chi connectivity index (χ2v) is 7.29. The van der Waals surface area contributed by atoms with Crippen LogP contribution in [-0.4, -0.2) is 52.4 Å². The topological polar surface area (TPSA) is 78.7 Å². The van der Waals surface area contributed by atoms with Gasteiger partial charge in [-0.05, 0) is 12.1 Å². The van der Waals surface area contributed by atoms with E-state index in [0.29, 0.717) is 48.1 Å². The smallest absolute Gasteiger partial charge is 0.349 e. The van der Waals surface area contributed by atoms with Crippen molar-refractivity contribution in [2.75, 3.05) is 26.2 Å². The van der Waals surface area contributed by atoms with Crippen LogP contribution in [0.25, 0.3) is 16.2 Å². The molecule has 4 rings (SSSR count). The molecule has 11 heteroatoms. The molecule has 2 N–H and O–H groups in total. The average Bonchev–Trinajstić information content (AvgIpc) is 3.37. The standard InChI is InChI=1S/C18H16F3N5O2S/c19-18(20,21)12-3-1-2-11(8-12)13-9-26-14(10-29-17(26)24-13)15(27)22-4-6-25-7-5-23-16(25)28/h1-3,8-10H,4-7H2,(H,22,27)(H,23,28). The molecule has 152 valence electrons. The molecule has 7 nitrogen and oxygen atoms in total. The Morgan fingerprint density at radius 2 is 2.17 bits per heavy atom. The summed E-state index contributed by atoms with van der Waals surface area (Å²) in [6.07, 6.45) is -2.89. The molecule has 29 heavy (non-hydrogen) atoms. The molecule has 1 saturated heterocycles. The van der Waals surface area contributed by atoms with Crippen LogP contribution in [0, 0.1) is 0 Å². The summed E-state index contributed by atoms with van der Waals surface area (Å²) >= 11 is 1.22. The first-order chi connectivity index (χ1) is 13.8. The fraction of sp³-hybridized carbons (Fsp3) is 0.278. The van der Waals surface area contributed by atoms with E-state index in [-0.39, 0.29) is 11.9 Å². The van der Waals surface area contributed by atoms with Gasteiger partial charge in [-0.1, -0.05) is 12.1 Å². The summed E-state index contributed by atoms with van der Waals surface area (Å²) in [5.74, 6) is -0.344. The fourth-order valence-corrected chi connectivity index (χ4v) is 3.91. The van der Waals surface area contributed by atoms with Crippen molar-refractivity contribution in [1.29, 1.82) is 0 Å². The zero-order valence-corrected chi connectivity index (χ0v) is 15.8. The molecule has 0 radical (unpaired) electrons. The van der Waals surface area contributed by atoms with E-state index in [1.807, 2.05) is 0 Å². The number of benzene rings is 1. The van der Waals surface area contributed by atoms with E-state index < -0.39 is 11.7 Å². The maximum atomic E-state index is 12.9. The number of urea groups is 1. The number of aromatic nitrogens is 2. The van der Waals surface area contributed by atoms with Crippen molar-refractivity contribution in [2.24, 2.45) is 0 Å². The van der Waals surface area contributed by atoms with Crippen LogP contribution in [0.5, 0.6) is 0 Å². The molecule has 1 aliphatic rings. The van der Waals surface area contributed by atoms with Crippen LogP contribution in [0.4, 0.5) is 18.0 Å². The van der Waals surface area contributed by atoms with E-state index in [2.05, 4.69) is 15.6 Å². The van der Waals surface area contributed by atoms with Crippen LogP contribution in [0.3, 0.4) is 0 Å². The normalized spacial score (nSPS) is 14.4. The van der Waals surface area contributed by atoms with E-state index in [1.54, 1.807) is 26.9 Å². The summed E-state index contributed by atoms with van der Waals surface area (Å²) in [7, 11) is 0. The molecular formula is C18H16F3N5O2S. The average molecular weight is 423 g/mol. The van der Waals surface area contributed by atoms with Gasteiger partial charge in [0.25, 0.3) is 5.91 Å². The molecule has 3 heterocycles. The van der Waals surface area contributed by atoms with Crippen LogP contribution in [0.2, 0.25) is 0 Å². The Bertz CT molecular complexity index is 1080. The van der Waals surface area contributed by atoms with Gasteiger partial charge in [-0.3, -0.25) is 9.20 Å². The van der Waals surface area contributed by atoms with Gasteiger partial charge < -0.3 is 15.5 Å². The minimum Gasteiger partial charge on any atom is -0.349 e. The quantitative estimate of drug-likeness (QED) is 0.663. The number of carbonyl (C=O) groups is 2. The summed E-state index contributed by atoms with van der Waals surface area (Å²) in [5, 5.41) is 7.07. The second-order valence-electron chi connectivity index (χ2n) is 6.45. The molecule has 0 saturated carbocycles. The molecule has 0 spiro atoms. The Hall–Kier alpha value is -3.08. The zero-order valence-electron chi connectivity index (χ0n) is 15.0. The summed E-state index contributed by atoms with van der Waals surface area (Å²) in [4.78, 5) is 30.4. The van der Waals surface area contributed by atoms with Gasteiger partial charge in [0.05, 0.1) is 11.3 Å². The van der Waals surface area contributed by atoms with Gasteiger partial charge in [0.2, 0.25) is 0 Å². The number of hydrogen-bond donors (Lipinski definition) is 2. The first kappa shape index (κ1) is 19.2. The number of rotatable bonds is 5. The molecule has 3 amide bonds. The number of amides is 3. The van der Waals surface area contributed by atoms with Crippen molar-refractivity contribution in [3.8, 4) is 11.3 Å². The molecule has 0 aliphatic carbocycles. The Labute approximate surface area is 167 Å². The largest absolute Gasteiger partial charge is 0.416 e. The minimum absolute atomic E-state index is 0.155. The molecule has 0 atom stereocenters. The van der Waals surface area contributed by atoms with Crippen molar-refractivity contribution < 1.29 is 22.8 Å². The second kappa shape index (κ2) is 7.39. The molecule has 3 aromatic rings. The van der Waals surface area contributed by atoms with Gasteiger partial charge >= 0.3 is 12.2 Å². The fourth-order valence-electron chi connectivity index (χ4n) is 3.06. The lowest BCUT2D eigenvalue weighted by molar-refractivity contribution is -0.137. The molecule has 1 aliphatic heterocycles. The number of fused-ring (bicyclic) bond motifs is 1. The van der Waals surface area contributed by atoms with Crippen LogP contribution < -0.4 is 10.6 Å². The number of alkyl halides is 3. The lowest BCUT2D eigenvalue weighted by Gasteiger charge is -2.14. The number of halogens is 3. The first-order valence-corrected chi connectivity index (χ1v) is 9.66. The summed E-state index contributed by atoms with van der Waals surface area (Å²) in [6.45, 7) is 1.87. The summed E-state index contributed by atoms with van der Waals surface area (Å²) < 4.78 is 40.4. The molecule has 2 aromatic heterocycles. The maximum absolute atomic E-state index is 12.9. The third-order valence-electron chi connectivity index (χ3n) is 4.54. The molecular weight excluding hydrogens is 407 g/mol.